The molecule has 7 heteroatoms. The molecule has 3 N–H and O–H groups in total. The first-order valence-corrected chi connectivity index (χ1v) is 7.75. The van der Waals surface area contributed by atoms with Gasteiger partial charge in [0.25, 0.3) is 0 Å². The van der Waals surface area contributed by atoms with E-state index in [-0.39, 0.29) is 5.91 Å². The fourth-order valence-corrected chi connectivity index (χ4v) is 2.50. The Labute approximate surface area is 132 Å². The minimum atomic E-state index is -0.0449. The van der Waals surface area contributed by atoms with Crippen LogP contribution < -0.4 is 11.1 Å². The molecule has 5 nitrogen and oxygen atoms in total. The molecule has 0 fully saturated rings. The molecule has 1 aromatic heterocycles. The van der Waals surface area contributed by atoms with Gasteiger partial charge in [-0.05, 0) is 24.6 Å². The van der Waals surface area contributed by atoms with E-state index >= 15 is 0 Å². The summed E-state index contributed by atoms with van der Waals surface area (Å²) in [5.74, 6) is 0.769. The van der Waals surface area contributed by atoms with Crippen LogP contribution in [0, 0.1) is 0 Å². The van der Waals surface area contributed by atoms with Crippen molar-refractivity contribution >= 4 is 40.6 Å². The van der Waals surface area contributed by atoms with Crippen LogP contribution in [0.2, 0.25) is 5.02 Å². The first-order valence-electron chi connectivity index (χ1n) is 6.39. The van der Waals surface area contributed by atoms with E-state index in [0.717, 1.165) is 17.2 Å². The van der Waals surface area contributed by atoms with Gasteiger partial charge >= 0.3 is 0 Å². The maximum atomic E-state index is 11.8. The minimum absolute atomic E-state index is 0.0449. The number of benzene rings is 1. The van der Waals surface area contributed by atoms with Crippen LogP contribution in [0.5, 0.6) is 0 Å². The number of halogens is 1. The highest BCUT2D eigenvalue weighted by Gasteiger charge is 2.04. The highest BCUT2D eigenvalue weighted by molar-refractivity contribution is 7.99. The van der Waals surface area contributed by atoms with Gasteiger partial charge in [-0.2, -0.15) is 0 Å². The molecular weight excluding hydrogens is 308 g/mol. The van der Waals surface area contributed by atoms with Crippen LogP contribution in [-0.4, -0.2) is 21.6 Å². The number of nitrogens with two attached hydrogens (primary N) is 1. The van der Waals surface area contributed by atoms with Crippen LogP contribution >= 0.6 is 23.4 Å². The maximum absolute atomic E-state index is 11.8. The summed E-state index contributed by atoms with van der Waals surface area (Å²) in [7, 11) is 0. The smallest absolute Gasteiger partial charge is 0.224 e. The highest BCUT2D eigenvalue weighted by atomic mass is 35.5. The molecule has 0 unspecified atom stereocenters. The number of carbonyl (C=O) groups excluding carboxylic acids is 1. The summed E-state index contributed by atoms with van der Waals surface area (Å²) in [6.45, 7) is 0. The van der Waals surface area contributed by atoms with E-state index in [1.807, 2.05) is 0 Å². The summed E-state index contributed by atoms with van der Waals surface area (Å²) >= 11 is 7.41. The summed E-state index contributed by atoms with van der Waals surface area (Å²) in [5.41, 5.74) is 6.79. The van der Waals surface area contributed by atoms with E-state index in [4.69, 9.17) is 17.3 Å². The molecule has 0 aliphatic heterocycles. The number of hydrogen-bond acceptors (Lipinski definition) is 5. The number of aromatic nitrogens is 2. The Morgan fingerprint density at radius 3 is 2.95 bits per heavy atom. The van der Waals surface area contributed by atoms with Crippen LogP contribution in [0.4, 0.5) is 11.4 Å². The van der Waals surface area contributed by atoms with Crippen molar-refractivity contribution in [2.45, 2.75) is 17.9 Å². The molecule has 21 heavy (non-hydrogen) atoms. The SMILES string of the molecule is Nc1cc(NC(=O)CCCSc2cnccn2)ccc1Cl. The van der Waals surface area contributed by atoms with E-state index in [1.165, 1.54) is 0 Å². The lowest BCUT2D eigenvalue weighted by molar-refractivity contribution is -0.116. The normalized spacial score (nSPS) is 10.3. The number of carbonyl (C=O) groups is 1. The third-order valence-corrected chi connectivity index (χ3v) is 3.96. The molecule has 1 amide bonds. The fourth-order valence-electron chi connectivity index (χ4n) is 1.61. The third kappa shape index (κ3) is 5.24. The van der Waals surface area contributed by atoms with Crippen LogP contribution in [0.25, 0.3) is 0 Å². The standard InChI is InChI=1S/C14H15ClN4OS/c15-11-4-3-10(8-12(11)16)19-13(20)2-1-7-21-14-9-17-5-6-18-14/h3-6,8-9H,1-2,7,16H2,(H,19,20). The number of rotatable bonds is 6. The lowest BCUT2D eigenvalue weighted by Gasteiger charge is -2.06. The Morgan fingerprint density at radius 1 is 1.38 bits per heavy atom. The molecule has 0 bridgehead atoms. The zero-order valence-electron chi connectivity index (χ0n) is 11.3. The predicted octanol–water partition coefficient (Wildman–Crippen LogP) is 3.22. The van der Waals surface area contributed by atoms with Gasteiger partial charge in [0, 0.05) is 30.3 Å². The van der Waals surface area contributed by atoms with E-state index in [0.29, 0.717) is 22.8 Å². The molecule has 0 saturated carbocycles. The van der Waals surface area contributed by atoms with Gasteiger partial charge in [-0.3, -0.25) is 9.78 Å². The lowest BCUT2D eigenvalue weighted by Crippen LogP contribution is -2.11. The summed E-state index contributed by atoms with van der Waals surface area (Å²) in [4.78, 5) is 19.9. The first kappa shape index (κ1) is 15.6. The zero-order valence-corrected chi connectivity index (χ0v) is 12.8. The number of hydrogen-bond donors (Lipinski definition) is 2. The van der Waals surface area contributed by atoms with Crippen molar-refractivity contribution in [1.29, 1.82) is 0 Å². The van der Waals surface area contributed by atoms with Crippen molar-refractivity contribution in [2.75, 3.05) is 16.8 Å². The van der Waals surface area contributed by atoms with Crippen molar-refractivity contribution in [3.05, 3.63) is 41.8 Å². The summed E-state index contributed by atoms with van der Waals surface area (Å²) < 4.78 is 0. The Morgan fingerprint density at radius 2 is 2.24 bits per heavy atom. The summed E-state index contributed by atoms with van der Waals surface area (Å²) in [6.07, 6.45) is 6.20. The van der Waals surface area contributed by atoms with Crippen molar-refractivity contribution in [3.8, 4) is 0 Å². The number of thioether (sulfide) groups is 1. The van der Waals surface area contributed by atoms with Crippen LogP contribution in [0.15, 0.2) is 41.8 Å². The summed E-state index contributed by atoms with van der Waals surface area (Å²) in [5, 5.41) is 4.14. The monoisotopic (exact) mass is 322 g/mol. The molecule has 0 radical (unpaired) electrons. The molecule has 0 aliphatic carbocycles. The van der Waals surface area contributed by atoms with E-state index in [9.17, 15) is 4.79 Å². The molecule has 110 valence electrons. The first-order chi connectivity index (χ1) is 10.1. The van der Waals surface area contributed by atoms with Crippen LogP contribution in [0.1, 0.15) is 12.8 Å². The highest BCUT2D eigenvalue weighted by Crippen LogP contribution is 2.22. The number of amides is 1. The van der Waals surface area contributed by atoms with Crippen LogP contribution in [0.3, 0.4) is 0 Å². The maximum Gasteiger partial charge on any atom is 0.224 e. The van der Waals surface area contributed by atoms with E-state index in [1.54, 1.807) is 48.6 Å². The molecular formula is C14H15ClN4OS. The molecule has 0 atom stereocenters. The molecule has 0 saturated heterocycles. The van der Waals surface area contributed by atoms with Gasteiger partial charge in [0.05, 0.1) is 16.9 Å². The molecule has 1 heterocycles. The number of nitrogens with one attached hydrogen (secondary N) is 1. The van der Waals surface area contributed by atoms with Gasteiger partial charge in [-0.15, -0.1) is 11.8 Å². The zero-order chi connectivity index (χ0) is 15.1. The molecule has 1 aromatic carbocycles. The number of nitrogens with zero attached hydrogens (tertiary/aromatic N) is 2. The Balaban J connectivity index is 1.71. The Kier molecular flexibility index (Phi) is 5.83. The van der Waals surface area contributed by atoms with Gasteiger partial charge < -0.3 is 11.1 Å². The second kappa shape index (κ2) is 7.85. The van der Waals surface area contributed by atoms with E-state index in [2.05, 4.69) is 15.3 Å². The van der Waals surface area contributed by atoms with Crippen molar-refractivity contribution in [2.24, 2.45) is 0 Å². The predicted molar refractivity (Wildman–Crippen MR) is 86.5 cm³/mol. The van der Waals surface area contributed by atoms with Gasteiger partial charge in [-0.1, -0.05) is 11.6 Å². The van der Waals surface area contributed by atoms with Crippen molar-refractivity contribution < 1.29 is 4.79 Å². The van der Waals surface area contributed by atoms with Gasteiger partial charge in [0.15, 0.2) is 0 Å². The lowest BCUT2D eigenvalue weighted by atomic mass is 10.2. The second-order valence-corrected chi connectivity index (χ2v) is 5.80. The average Bonchev–Trinajstić information content (AvgIpc) is 2.49. The largest absolute Gasteiger partial charge is 0.397 e. The minimum Gasteiger partial charge on any atom is -0.397 e. The fraction of sp³-hybridized carbons (Fsp3) is 0.214. The molecule has 0 aliphatic rings. The van der Waals surface area contributed by atoms with Crippen molar-refractivity contribution in [3.63, 3.8) is 0 Å². The third-order valence-electron chi connectivity index (χ3n) is 2.62. The summed E-state index contributed by atoms with van der Waals surface area (Å²) in [6, 6.07) is 5.04. The van der Waals surface area contributed by atoms with Crippen molar-refractivity contribution in [1.82, 2.24) is 9.97 Å². The molecule has 0 spiro atoms. The van der Waals surface area contributed by atoms with Gasteiger partial charge in [0.1, 0.15) is 5.03 Å². The number of nitrogen functional groups attached to an aromatic ring is 1. The molecule has 2 rings (SSSR count). The van der Waals surface area contributed by atoms with Crippen LogP contribution in [-0.2, 0) is 4.79 Å². The van der Waals surface area contributed by atoms with Gasteiger partial charge in [0.2, 0.25) is 5.91 Å². The number of anilines is 2. The second-order valence-electron chi connectivity index (χ2n) is 4.28. The molecule has 2 aromatic rings. The van der Waals surface area contributed by atoms with E-state index < -0.39 is 0 Å². The average molecular weight is 323 g/mol. The topological polar surface area (TPSA) is 80.9 Å². The Hall–Kier alpha value is -1.79. The Bertz CT molecular complexity index is 609. The van der Waals surface area contributed by atoms with Gasteiger partial charge in [-0.25, -0.2) is 4.98 Å². The quantitative estimate of drug-likeness (QED) is 0.485.